The zero-order valence-electron chi connectivity index (χ0n) is 10.7. The first-order chi connectivity index (χ1) is 9.38. The summed E-state index contributed by atoms with van der Waals surface area (Å²) >= 11 is 11.6. The van der Waals surface area contributed by atoms with Crippen LogP contribution in [0, 0.1) is 24.0 Å². The molecule has 0 spiro atoms. The molecule has 0 saturated carbocycles. The molecule has 0 aliphatic heterocycles. The van der Waals surface area contributed by atoms with E-state index in [2.05, 4.69) is 10.3 Å². The van der Waals surface area contributed by atoms with Crippen LogP contribution in [0.4, 0.5) is 11.4 Å². The molecular weight excluding hydrogens is 305 g/mol. The molecule has 106 valence electrons. The third-order valence-electron chi connectivity index (χ3n) is 2.74. The Morgan fingerprint density at radius 3 is 2.55 bits per heavy atom. The fourth-order valence-electron chi connectivity index (χ4n) is 1.61. The van der Waals surface area contributed by atoms with Gasteiger partial charge in [-0.25, -0.2) is 4.98 Å². The molecule has 1 aromatic heterocycles. The van der Waals surface area contributed by atoms with Crippen LogP contribution in [0.25, 0.3) is 0 Å². The molecule has 0 aliphatic carbocycles. The molecule has 0 atom stereocenters. The van der Waals surface area contributed by atoms with E-state index in [1.165, 1.54) is 12.1 Å². The van der Waals surface area contributed by atoms with Gasteiger partial charge in [-0.05, 0) is 19.9 Å². The predicted molar refractivity (Wildman–Crippen MR) is 76.4 cm³/mol. The van der Waals surface area contributed by atoms with Crippen molar-refractivity contribution in [1.29, 1.82) is 0 Å². The van der Waals surface area contributed by atoms with Crippen LogP contribution in [0.1, 0.15) is 17.3 Å². The van der Waals surface area contributed by atoms with Crippen LogP contribution in [-0.2, 0) is 6.54 Å². The van der Waals surface area contributed by atoms with Gasteiger partial charge in [0.2, 0.25) is 5.89 Å². The number of hydrogen-bond acceptors (Lipinski definition) is 5. The lowest BCUT2D eigenvalue weighted by atomic mass is 10.2. The largest absolute Gasteiger partial charge is 0.444 e. The van der Waals surface area contributed by atoms with Crippen molar-refractivity contribution in [3.05, 3.63) is 49.6 Å². The number of hydrogen-bond donors (Lipinski definition) is 1. The average Bonchev–Trinajstić information content (AvgIpc) is 2.69. The zero-order valence-corrected chi connectivity index (χ0v) is 12.2. The van der Waals surface area contributed by atoms with E-state index in [0.717, 1.165) is 5.69 Å². The summed E-state index contributed by atoms with van der Waals surface area (Å²) in [5, 5.41) is 14.2. The highest BCUT2D eigenvalue weighted by molar-refractivity contribution is 6.42. The number of aromatic nitrogens is 1. The van der Waals surface area contributed by atoms with Gasteiger partial charge in [0, 0.05) is 6.07 Å². The van der Waals surface area contributed by atoms with Crippen molar-refractivity contribution in [1.82, 2.24) is 4.98 Å². The molecule has 0 amide bonds. The number of nitro benzene ring substituents is 1. The van der Waals surface area contributed by atoms with Gasteiger partial charge in [-0.1, -0.05) is 23.2 Å². The molecule has 0 aliphatic rings. The van der Waals surface area contributed by atoms with Gasteiger partial charge in [0.25, 0.3) is 5.69 Å². The Balaban J connectivity index is 2.24. The summed E-state index contributed by atoms with van der Waals surface area (Å²) in [5.41, 5.74) is 0.891. The maximum atomic E-state index is 11.0. The van der Waals surface area contributed by atoms with E-state index in [9.17, 15) is 10.1 Å². The second kappa shape index (κ2) is 5.68. The van der Waals surface area contributed by atoms with Crippen LogP contribution < -0.4 is 5.32 Å². The van der Waals surface area contributed by atoms with Gasteiger partial charge in [-0.15, -0.1) is 0 Å². The highest BCUT2D eigenvalue weighted by atomic mass is 35.5. The highest BCUT2D eigenvalue weighted by Gasteiger charge is 2.17. The normalized spacial score (nSPS) is 10.6. The monoisotopic (exact) mass is 315 g/mol. The van der Waals surface area contributed by atoms with E-state index in [4.69, 9.17) is 27.6 Å². The smallest absolute Gasteiger partial charge is 0.293 e. The highest BCUT2D eigenvalue weighted by Crippen LogP contribution is 2.34. The molecule has 1 aromatic carbocycles. The topological polar surface area (TPSA) is 81.2 Å². The Bertz CT molecular complexity index is 651. The second-order valence-corrected chi connectivity index (χ2v) is 4.96. The number of nitrogens with one attached hydrogen (secondary N) is 1. The molecule has 1 N–H and O–H groups in total. The second-order valence-electron chi connectivity index (χ2n) is 4.14. The molecule has 0 radical (unpaired) electrons. The Kier molecular flexibility index (Phi) is 4.15. The van der Waals surface area contributed by atoms with Crippen molar-refractivity contribution in [2.24, 2.45) is 0 Å². The Morgan fingerprint density at radius 1 is 1.35 bits per heavy atom. The van der Waals surface area contributed by atoms with Gasteiger partial charge >= 0.3 is 0 Å². The molecule has 1 heterocycles. The van der Waals surface area contributed by atoms with E-state index in [1.807, 2.05) is 6.92 Å². The molecule has 0 saturated heterocycles. The Morgan fingerprint density at radius 2 is 2.00 bits per heavy atom. The minimum atomic E-state index is -0.531. The number of oxazole rings is 1. The maximum Gasteiger partial charge on any atom is 0.293 e. The number of halogens is 2. The lowest BCUT2D eigenvalue weighted by molar-refractivity contribution is -0.383. The third-order valence-corrected chi connectivity index (χ3v) is 3.46. The molecule has 0 fully saturated rings. The van der Waals surface area contributed by atoms with Gasteiger partial charge in [-0.3, -0.25) is 10.1 Å². The van der Waals surface area contributed by atoms with E-state index in [1.54, 1.807) is 6.92 Å². The summed E-state index contributed by atoms with van der Waals surface area (Å²) in [4.78, 5) is 14.6. The van der Waals surface area contributed by atoms with Gasteiger partial charge in [-0.2, -0.15) is 0 Å². The number of rotatable bonds is 4. The van der Waals surface area contributed by atoms with Crippen molar-refractivity contribution >= 4 is 34.6 Å². The predicted octanol–water partition coefficient (Wildman–Crippen LogP) is 4.12. The van der Waals surface area contributed by atoms with Crippen molar-refractivity contribution in [3.63, 3.8) is 0 Å². The molecule has 0 unspecified atom stereocenters. The fourth-order valence-corrected chi connectivity index (χ4v) is 1.94. The summed E-state index contributed by atoms with van der Waals surface area (Å²) < 4.78 is 5.39. The summed E-state index contributed by atoms with van der Waals surface area (Å²) in [6, 6.07) is 2.61. The quantitative estimate of drug-likeness (QED) is 0.678. The van der Waals surface area contributed by atoms with E-state index < -0.39 is 4.92 Å². The van der Waals surface area contributed by atoms with Gasteiger partial charge in [0.05, 0.1) is 27.2 Å². The Hall–Kier alpha value is -1.79. The summed E-state index contributed by atoms with van der Waals surface area (Å²) in [7, 11) is 0. The van der Waals surface area contributed by atoms with Gasteiger partial charge in [0.15, 0.2) is 0 Å². The number of anilines is 1. The first-order valence-corrected chi connectivity index (χ1v) is 6.44. The van der Waals surface area contributed by atoms with E-state index in [-0.39, 0.29) is 28.0 Å². The summed E-state index contributed by atoms with van der Waals surface area (Å²) in [6.07, 6.45) is 0. The van der Waals surface area contributed by atoms with Crippen molar-refractivity contribution in [3.8, 4) is 0 Å². The number of nitro groups is 1. The molecule has 0 bridgehead atoms. The first-order valence-electron chi connectivity index (χ1n) is 5.68. The van der Waals surface area contributed by atoms with Crippen LogP contribution in [0.5, 0.6) is 0 Å². The van der Waals surface area contributed by atoms with Crippen LogP contribution in [-0.4, -0.2) is 9.91 Å². The molecule has 2 aromatic rings. The van der Waals surface area contributed by atoms with Gasteiger partial charge < -0.3 is 9.73 Å². The van der Waals surface area contributed by atoms with Crippen molar-refractivity contribution in [2.45, 2.75) is 20.4 Å². The third kappa shape index (κ3) is 3.02. The van der Waals surface area contributed by atoms with Crippen molar-refractivity contribution < 1.29 is 9.34 Å². The van der Waals surface area contributed by atoms with E-state index >= 15 is 0 Å². The molecule has 2 rings (SSSR count). The lowest BCUT2D eigenvalue weighted by Gasteiger charge is -2.06. The average molecular weight is 316 g/mol. The zero-order chi connectivity index (χ0) is 14.9. The maximum absolute atomic E-state index is 11.0. The minimum absolute atomic E-state index is 0.131. The van der Waals surface area contributed by atoms with Gasteiger partial charge in [0.1, 0.15) is 11.4 Å². The number of benzene rings is 1. The van der Waals surface area contributed by atoms with Crippen LogP contribution in [0.15, 0.2) is 16.5 Å². The minimum Gasteiger partial charge on any atom is -0.444 e. The number of nitrogens with zero attached hydrogens (tertiary/aromatic N) is 2. The summed E-state index contributed by atoms with van der Waals surface area (Å²) in [5.74, 6) is 1.16. The van der Waals surface area contributed by atoms with E-state index in [0.29, 0.717) is 11.7 Å². The van der Waals surface area contributed by atoms with Crippen molar-refractivity contribution in [2.75, 3.05) is 5.32 Å². The SMILES string of the molecule is Cc1nc(CNc2cc(Cl)c(Cl)cc2[N+](=O)[O-])oc1C. The molecule has 6 nitrogen and oxygen atoms in total. The fraction of sp³-hybridized carbons (Fsp3) is 0.250. The number of aryl methyl sites for hydroxylation is 2. The molecule has 20 heavy (non-hydrogen) atoms. The molecule has 8 heteroatoms. The molecular formula is C12H11Cl2N3O3. The lowest BCUT2D eigenvalue weighted by Crippen LogP contribution is -2.03. The Labute approximate surface area is 124 Å². The van der Waals surface area contributed by atoms with Crippen LogP contribution in [0.3, 0.4) is 0 Å². The summed E-state index contributed by atoms with van der Waals surface area (Å²) in [6.45, 7) is 3.84. The van der Waals surface area contributed by atoms with Crippen LogP contribution >= 0.6 is 23.2 Å². The van der Waals surface area contributed by atoms with Crippen LogP contribution in [0.2, 0.25) is 10.0 Å². The first kappa shape index (κ1) is 14.6. The standard InChI is InChI=1S/C12H11Cl2N3O3/c1-6-7(2)20-12(16-6)5-15-10-3-8(13)9(14)4-11(10)17(18)19/h3-4,15H,5H2,1-2H3.